The second kappa shape index (κ2) is 9.41. The normalized spacial score (nSPS) is 14.9. The lowest BCUT2D eigenvalue weighted by atomic mass is 10.2. The number of hydrogen-bond acceptors (Lipinski definition) is 5. The molecule has 2 heterocycles. The van der Waals surface area contributed by atoms with Crippen LogP contribution in [0.3, 0.4) is 0 Å². The summed E-state index contributed by atoms with van der Waals surface area (Å²) >= 11 is 4.34. The van der Waals surface area contributed by atoms with Crippen LogP contribution in [0.5, 0.6) is 0 Å². The molecule has 1 aromatic heterocycles. The van der Waals surface area contributed by atoms with E-state index in [4.69, 9.17) is 4.74 Å². The van der Waals surface area contributed by atoms with Crippen molar-refractivity contribution in [2.45, 2.75) is 20.4 Å². The van der Waals surface area contributed by atoms with Crippen LogP contribution in [-0.4, -0.2) is 33.7 Å². The number of imide groups is 1. The fraction of sp³-hybridized carbons (Fsp3) is 0.160. The fourth-order valence-corrected chi connectivity index (χ4v) is 4.86. The van der Waals surface area contributed by atoms with Crippen molar-refractivity contribution >= 4 is 50.9 Å². The number of halogens is 1. The predicted molar refractivity (Wildman–Crippen MR) is 132 cm³/mol. The summed E-state index contributed by atoms with van der Waals surface area (Å²) in [5.41, 5.74) is 4.83. The van der Waals surface area contributed by atoms with Gasteiger partial charge in [0.1, 0.15) is 0 Å². The van der Waals surface area contributed by atoms with Crippen LogP contribution >= 0.6 is 27.7 Å². The lowest BCUT2D eigenvalue weighted by Gasteiger charge is -2.12. The first kappa shape index (κ1) is 23.1. The van der Waals surface area contributed by atoms with Crippen molar-refractivity contribution in [3.05, 3.63) is 92.1 Å². The molecule has 1 aliphatic heterocycles. The van der Waals surface area contributed by atoms with Crippen LogP contribution in [0.2, 0.25) is 0 Å². The monoisotopic (exact) mass is 524 g/mol. The molecule has 1 fully saturated rings. The molecular weight excluding hydrogens is 504 g/mol. The number of carbonyl (C=O) groups excluding carboxylic acids is 3. The first-order valence-corrected chi connectivity index (χ1v) is 11.8. The van der Waals surface area contributed by atoms with E-state index in [0.29, 0.717) is 10.5 Å². The van der Waals surface area contributed by atoms with Crippen molar-refractivity contribution in [3.8, 4) is 5.69 Å². The van der Waals surface area contributed by atoms with Crippen molar-refractivity contribution in [1.82, 2.24) is 9.47 Å². The maximum Gasteiger partial charge on any atom is 0.337 e. The Kier molecular flexibility index (Phi) is 6.58. The molecule has 8 heteroatoms. The molecule has 2 amide bonds. The Hall–Kier alpha value is -3.10. The van der Waals surface area contributed by atoms with Crippen molar-refractivity contribution < 1.29 is 19.1 Å². The van der Waals surface area contributed by atoms with Gasteiger partial charge in [0.25, 0.3) is 11.1 Å². The lowest BCUT2D eigenvalue weighted by Crippen LogP contribution is -2.27. The maximum atomic E-state index is 13.0. The highest BCUT2D eigenvalue weighted by molar-refractivity contribution is 9.10. The highest BCUT2D eigenvalue weighted by Crippen LogP contribution is 2.35. The van der Waals surface area contributed by atoms with Crippen LogP contribution in [0.1, 0.15) is 32.9 Å². The summed E-state index contributed by atoms with van der Waals surface area (Å²) < 4.78 is 7.77. The van der Waals surface area contributed by atoms with E-state index in [9.17, 15) is 14.4 Å². The highest BCUT2D eigenvalue weighted by Gasteiger charge is 2.35. The van der Waals surface area contributed by atoms with Gasteiger partial charge in [-0.05, 0) is 79.2 Å². The number of rotatable bonds is 5. The number of methoxy groups -OCH3 is 1. The minimum absolute atomic E-state index is 0.231. The number of esters is 1. The van der Waals surface area contributed by atoms with Crippen LogP contribution < -0.4 is 0 Å². The molecule has 0 aliphatic carbocycles. The van der Waals surface area contributed by atoms with E-state index in [0.717, 1.165) is 44.4 Å². The minimum Gasteiger partial charge on any atom is -0.465 e. The van der Waals surface area contributed by atoms with Crippen LogP contribution in [0.25, 0.3) is 11.8 Å². The largest absolute Gasteiger partial charge is 0.465 e. The molecule has 168 valence electrons. The predicted octanol–water partition coefficient (Wildman–Crippen LogP) is 5.88. The van der Waals surface area contributed by atoms with Gasteiger partial charge in [0.05, 0.1) is 24.1 Å². The van der Waals surface area contributed by atoms with E-state index in [2.05, 4.69) is 15.9 Å². The summed E-state index contributed by atoms with van der Waals surface area (Å²) in [7, 11) is 1.35. The van der Waals surface area contributed by atoms with Gasteiger partial charge in [-0.3, -0.25) is 14.5 Å². The van der Waals surface area contributed by atoms with Crippen molar-refractivity contribution in [1.29, 1.82) is 0 Å². The Morgan fingerprint density at radius 1 is 1.09 bits per heavy atom. The van der Waals surface area contributed by atoms with Crippen molar-refractivity contribution in [2.24, 2.45) is 0 Å². The number of nitrogens with zero attached hydrogens (tertiary/aromatic N) is 2. The van der Waals surface area contributed by atoms with Crippen LogP contribution in [-0.2, 0) is 16.1 Å². The number of aryl methyl sites for hydroxylation is 1. The Labute approximate surface area is 204 Å². The quantitative estimate of drug-likeness (QED) is 0.308. The lowest BCUT2D eigenvalue weighted by molar-refractivity contribution is -0.123. The summed E-state index contributed by atoms with van der Waals surface area (Å²) in [6.45, 7) is 4.12. The first-order valence-electron chi connectivity index (χ1n) is 10.2. The average molecular weight is 525 g/mol. The van der Waals surface area contributed by atoms with Gasteiger partial charge >= 0.3 is 5.97 Å². The van der Waals surface area contributed by atoms with E-state index >= 15 is 0 Å². The van der Waals surface area contributed by atoms with Gasteiger partial charge in [-0.2, -0.15) is 0 Å². The van der Waals surface area contributed by atoms with Gasteiger partial charge in [-0.25, -0.2) is 4.79 Å². The Morgan fingerprint density at radius 3 is 2.52 bits per heavy atom. The van der Waals surface area contributed by atoms with E-state index in [-0.39, 0.29) is 17.7 Å². The van der Waals surface area contributed by atoms with E-state index in [1.165, 1.54) is 12.0 Å². The Bertz CT molecular complexity index is 1290. The molecule has 3 aromatic rings. The second-order valence-electron chi connectivity index (χ2n) is 7.60. The smallest absolute Gasteiger partial charge is 0.337 e. The van der Waals surface area contributed by atoms with Gasteiger partial charge in [0, 0.05) is 21.5 Å². The Balaban J connectivity index is 1.62. The molecule has 2 aromatic carbocycles. The number of thioether (sulfide) groups is 1. The highest BCUT2D eigenvalue weighted by atomic mass is 79.9. The standard InChI is InChI=1S/C25H21BrN2O4S/c1-15-11-19(16(2)28(15)21-6-4-5-18(12-21)24(30)32-3)13-22-23(29)27(25(31)33-22)14-17-7-9-20(26)10-8-17/h4-13H,14H2,1-3H3/b22-13-. The van der Waals surface area contributed by atoms with Gasteiger partial charge in [0.15, 0.2) is 0 Å². The topological polar surface area (TPSA) is 68.6 Å². The first-order chi connectivity index (χ1) is 15.8. The third-order valence-corrected chi connectivity index (χ3v) is 6.85. The molecule has 0 unspecified atom stereocenters. The number of carbonyl (C=O) groups is 3. The van der Waals surface area contributed by atoms with E-state index in [1.54, 1.807) is 24.3 Å². The van der Waals surface area contributed by atoms with Crippen molar-refractivity contribution in [2.75, 3.05) is 7.11 Å². The summed E-state index contributed by atoms with van der Waals surface area (Å²) in [5.74, 6) is -0.704. The summed E-state index contributed by atoms with van der Waals surface area (Å²) in [5, 5.41) is -0.284. The number of amides is 2. The molecule has 0 bridgehead atoms. The van der Waals surface area contributed by atoms with Crippen LogP contribution in [0.15, 0.2) is 64.0 Å². The number of ether oxygens (including phenoxy) is 1. The molecule has 0 atom stereocenters. The molecule has 0 spiro atoms. The zero-order valence-electron chi connectivity index (χ0n) is 18.3. The molecule has 33 heavy (non-hydrogen) atoms. The molecule has 6 nitrogen and oxygen atoms in total. The molecule has 0 saturated carbocycles. The number of hydrogen-bond donors (Lipinski definition) is 0. The van der Waals surface area contributed by atoms with E-state index in [1.807, 2.05) is 54.8 Å². The second-order valence-corrected chi connectivity index (χ2v) is 9.51. The van der Waals surface area contributed by atoms with Gasteiger partial charge in [0.2, 0.25) is 0 Å². The maximum absolute atomic E-state index is 13.0. The van der Waals surface area contributed by atoms with Crippen LogP contribution in [0.4, 0.5) is 4.79 Å². The van der Waals surface area contributed by atoms with Crippen molar-refractivity contribution in [3.63, 3.8) is 0 Å². The third kappa shape index (κ3) is 4.67. The fourth-order valence-electron chi connectivity index (χ4n) is 3.77. The van der Waals surface area contributed by atoms with E-state index < -0.39 is 5.97 Å². The zero-order chi connectivity index (χ0) is 23.7. The minimum atomic E-state index is -0.404. The average Bonchev–Trinajstić information content (AvgIpc) is 3.23. The molecule has 0 N–H and O–H groups in total. The van der Waals surface area contributed by atoms with Gasteiger partial charge < -0.3 is 9.30 Å². The number of benzene rings is 2. The number of aromatic nitrogens is 1. The van der Waals surface area contributed by atoms with Gasteiger partial charge in [-0.1, -0.05) is 34.1 Å². The molecule has 1 aliphatic rings. The SMILES string of the molecule is COC(=O)c1cccc(-n2c(C)cc(/C=C3\SC(=O)N(Cc4ccc(Br)cc4)C3=O)c2C)c1. The zero-order valence-corrected chi connectivity index (χ0v) is 20.7. The molecule has 4 rings (SSSR count). The van der Waals surface area contributed by atoms with Crippen LogP contribution in [0, 0.1) is 13.8 Å². The third-order valence-electron chi connectivity index (χ3n) is 5.41. The Morgan fingerprint density at radius 2 is 1.82 bits per heavy atom. The summed E-state index contributed by atoms with van der Waals surface area (Å²) in [4.78, 5) is 39.1. The summed E-state index contributed by atoms with van der Waals surface area (Å²) in [6, 6.07) is 16.7. The summed E-state index contributed by atoms with van der Waals surface area (Å²) in [6.07, 6.45) is 1.76. The molecule has 0 radical (unpaired) electrons. The molecular formula is C25H21BrN2O4S. The molecule has 1 saturated heterocycles. The van der Waals surface area contributed by atoms with Gasteiger partial charge in [-0.15, -0.1) is 0 Å².